The van der Waals surface area contributed by atoms with E-state index in [1.807, 2.05) is 0 Å². The van der Waals surface area contributed by atoms with Crippen LogP contribution in [0, 0.1) is 5.82 Å². The van der Waals surface area contributed by atoms with Crippen molar-refractivity contribution in [3.05, 3.63) is 22.4 Å². The van der Waals surface area contributed by atoms with Crippen LogP contribution in [-0.2, 0) is 9.59 Å². The molecule has 0 N–H and O–H groups in total. The van der Waals surface area contributed by atoms with Crippen molar-refractivity contribution in [2.75, 3.05) is 18.6 Å². The summed E-state index contributed by atoms with van der Waals surface area (Å²) in [4.78, 5) is 24.7. The maximum atomic E-state index is 13.5. The fourth-order valence-corrected chi connectivity index (χ4v) is 3.36. The average Bonchev–Trinajstić information content (AvgIpc) is 2.72. The second-order valence-corrected chi connectivity index (χ2v) is 6.71. The lowest BCUT2D eigenvalue weighted by atomic mass is 10.2. The highest BCUT2D eigenvalue weighted by atomic mass is 79.9. The molecule has 1 aliphatic heterocycles. The van der Waals surface area contributed by atoms with E-state index in [-0.39, 0.29) is 20.7 Å². The number of carbonyl (C=O) groups excluding carboxylic acids is 2. The summed E-state index contributed by atoms with van der Waals surface area (Å²) in [5, 5.41) is -0.0922. The Morgan fingerprint density at radius 1 is 1.55 bits per heavy atom. The summed E-state index contributed by atoms with van der Waals surface area (Å²) in [5.74, 6) is -0.250. The molecule has 7 heteroatoms. The highest BCUT2D eigenvalue weighted by Gasteiger charge is 2.33. The van der Waals surface area contributed by atoms with Crippen molar-refractivity contribution >= 4 is 44.4 Å². The molecule has 1 aromatic carbocycles. The lowest BCUT2D eigenvalue weighted by Crippen LogP contribution is -2.25. The first-order valence-electron chi connectivity index (χ1n) is 5.93. The lowest BCUT2D eigenvalue weighted by molar-refractivity contribution is -0.117. The Balaban J connectivity index is 2.30. The van der Waals surface area contributed by atoms with E-state index in [2.05, 4.69) is 15.9 Å². The number of nitrogens with zero attached hydrogens (tertiary/aromatic N) is 1. The van der Waals surface area contributed by atoms with Gasteiger partial charge in [-0.1, -0.05) is 11.8 Å². The topological polar surface area (TPSA) is 46.6 Å². The van der Waals surface area contributed by atoms with Crippen molar-refractivity contribution in [3.8, 4) is 5.75 Å². The first-order valence-corrected chi connectivity index (χ1v) is 7.60. The summed E-state index contributed by atoms with van der Waals surface area (Å²) in [5.41, 5.74) is 0.512. The molecule has 0 aliphatic carbocycles. The maximum absolute atomic E-state index is 13.5. The molecule has 108 valence electrons. The standard InChI is InChI=1S/C13H13BrFNO3S/c1-7(17)20-8-3-13(18)16(6-8)11-4-9(14)10(15)5-12(11)19-2/h4-5,8H,3,6H2,1-2H3. The number of ether oxygens (including phenoxy) is 1. The van der Waals surface area contributed by atoms with Crippen molar-refractivity contribution in [1.29, 1.82) is 0 Å². The zero-order chi connectivity index (χ0) is 14.9. The van der Waals surface area contributed by atoms with Crippen molar-refractivity contribution in [1.82, 2.24) is 0 Å². The number of halogens is 2. The molecule has 1 amide bonds. The minimum absolute atomic E-state index is 0.0168. The van der Waals surface area contributed by atoms with Crippen molar-refractivity contribution in [2.24, 2.45) is 0 Å². The molecule has 2 rings (SSSR count). The summed E-state index contributed by atoms with van der Waals surface area (Å²) in [6.45, 7) is 1.89. The molecule has 1 aromatic rings. The van der Waals surface area contributed by atoms with Crippen LogP contribution in [0.15, 0.2) is 16.6 Å². The molecule has 1 saturated heterocycles. The molecule has 0 aromatic heterocycles. The van der Waals surface area contributed by atoms with Gasteiger partial charge in [-0.05, 0) is 22.0 Å². The summed E-state index contributed by atoms with van der Waals surface area (Å²) in [6, 6.07) is 2.75. The van der Waals surface area contributed by atoms with Crippen molar-refractivity contribution < 1.29 is 18.7 Å². The summed E-state index contributed by atoms with van der Waals surface area (Å²) in [6.07, 6.45) is 0.294. The van der Waals surface area contributed by atoms with Gasteiger partial charge in [-0.3, -0.25) is 9.59 Å². The minimum atomic E-state index is -0.452. The Hall–Kier alpha value is -1.08. The Morgan fingerprint density at radius 3 is 2.85 bits per heavy atom. The molecule has 1 aliphatic rings. The first kappa shape index (κ1) is 15.3. The van der Waals surface area contributed by atoms with Gasteiger partial charge in [0, 0.05) is 31.2 Å². The number of rotatable bonds is 3. The second kappa shape index (κ2) is 6.13. The number of benzene rings is 1. The van der Waals surface area contributed by atoms with Gasteiger partial charge in [-0.2, -0.15) is 0 Å². The molecule has 20 heavy (non-hydrogen) atoms. The molecule has 0 radical (unpaired) electrons. The third-order valence-electron chi connectivity index (χ3n) is 2.93. The Morgan fingerprint density at radius 2 is 2.25 bits per heavy atom. The zero-order valence-electron chi connectivity index (χ0n) is 11.0. The molecule has 0 bridgehead atoms. The van der Waals surface area contributed by atoms with Crippen LogP contribution in [0.1, 0.15) is 13.3 Å². The Labute approximate surface area is 128 Å². The number of carbonyl (C=O) groups is 2. The van der Waals surface area contributed by atoms with Gasteiger partial charge in [0.05, 0.1) is 17.3 Å². The first-order chi connectivity index (χ1) is 9.42. The molecule has 1 heterocycles. The number of methoxy groups -OCH3 is 1. The van der Waals surface area contributed by atoms with Crippen LogP contribution in [0.4, 0.5) is 10.1 Å². The highest BCUT2D eigenvalue weighted by Crippen LogP contribution is 2.37. The number of anilines is 1. The predicted octanol–water partition coefficient (Wildman–Crippen LogP) is 2.98. The second-order valence-electron chi connectivity index (χ2n) is 4.38. The van der Waals surface area contributed by atoms with Crippen LogP contribution in [0.25, 0.3) is 0 Å². The SMILES string of the molecule is COc1cc(F)c(Br)cc1N1CC(SC(C)=O)CC1=O. The molecule has 1 fully saturated rings. The van der Waals surface area contributed by atoms with Crippen LogP contribution < -0.4 is 9.64 Å². The summed E-state index contributed by atoms with van der Waals surface area (Å²) < 4.78 is 18.9. The van der Waals surface area contributed by atoms with E-state index in [0.29, 0.717) is 24.4 Å². The fraction of sp³-hybridized carbons (Fsp3) is 0.385. The molecular weight excluding hydrogens is 349 g/mol. The van der Waals surface area contributed by atoms with Gasteiger partial charge < -0.3 is 9.64 Å². The van der Waals surface area contributed by atoms with Gasteiger partial charge in [0.25, 0.3) is 0 Å². The number of hydrogen-bond donors (Lipinski definition) is 0. The number of hydrogen-bond acceptors (Lipinski definition) is 4. The molecule has 0 spiro atoms. The van der Waals surface area contributed by atoms with E-state index in [1.54, 1.807) is 0 Å². The number of thioether (sulfide) groups is 1. The molecule has 1 unspecified atom stereocenters. The van der Waals surface area contributed by atoms with Crippen LogP contribution in [0.3, 0.4) is 0 Å². The average molecular weight is 362 g/mol. The van der Waals surface area contributed by atoms with E-state index >= 15 is 0 Å². The van der Waals surface area contributed by atoms with E-state index in [0.717, 1.165) is 11.8 Å². The van der Waals surface area contributed by atoms with Crippen molar-refractivity contribution in [3.63, 3.8) is 0 Å². The molecule has 0 saturated carbocycles. The fourth-order valence-electron chi connectivity index (χ4n) is 2.11. The van der Waals surface area contributed by atoms with Crippen LogP contribution in [0.2, 0.25) is 0 Å². The summed E-state index contributed by atoms with van der Waals surface area (Å²) in [7, 11) is 1.43. The Kier molecular flexibility index (Phi) is 4.70. The van der Waals surface area contributed by atoms with Gasteiger partial charge >= 0.3 is 0 Å². The normalized spacial score (nSPS) is 18.5. The zero-order valence-corrected chi connectivity index (χ0v) is 13.4. The molecule has 1 atom stereocenters. The molecule has 4 nitrogen and oxygen atoms in total. The summed E-state index contributed by atoms with van der Waals surface area (Å²) >= 11 is 4.26. The number of amides is 1. The minimum Gasteiger partial charge on any atom is -0.494 e. The Bertz CT molecular complexity index is 567. The monoisotopic (exact) mass is 361 g/mol. The van der Waals surface area contributed by atoms with E-state index < -0.39 is 5.82 Å². The van der Waals surface area contributed by atoms with Gasteiger partial charge in [0.2, 0.25) is 5.91 Å². The van der Waals surface area contributed by atoms with Gasteiger partial charge in [0.15, 0.2) is 5.12 Å². The third-order valence-corrected chi connectivity index (χ3v) is 4.52. The van der Waals surface area contributed by atoms with Crippen LogP contribution >= 0.6 is 27.7 Å². The largest absolute Gasteiger partial charge is 0.494 e. The van der Waals surface area contributed by atoms with Gasteiger partial charge in [-0.25, -0.2) is 4.39 Å². The smallest absolute Gasteiger partial charge is 0.228 e. The highest BCUT2D eigenvalue weighted by molar-refractivity contribution is 9.10. The maximum Gasteiger partial charge on any atom is 0.228 e. The van der Waals surface area contributed by atoms with E-state index in [1.165, 1.54) is 31.1 Å². The lowest BCUT2D eigenvalue weighted by Gasteiger charge is -2.20. The van der Waals surface area contributed by atoms with E-state index in [4.69, 9.17) is 4.74 Å². The quantitative estimate of drug-likeness (QED) is 0.830. The van der Waals surface area contributed by atoms with E-state index in [9.17, 15) is 14.0 Å². The van der Waals surface area contributed by atoms with Crippen LogP contribution in [-0.4, -0.2) is 29.9 Å². The van der Waals surface area contributed by atoms with Crippen molar-refractivity contribution in [2.45, 2.75) is 18.6 Å². The van der Waals surface area contributed by atoms with Gasteiger partial charge in [0.1, 0.15) is 11.6 Å². The third kappa shape index (κ3) is 3.15. The molecular formula is C13H13BrFNO3S. The van der Waals surface area contributed by atoms with Gasteiger partial charge in [-0.15, -0.1) is 0 Å². The van der Waals surface area contributed by atoms with Crippen LogP contribution in [0.5, 0.6) is 5.75 Å². The predicted molar refractivity (Wildman–Crippen MR) is 79.7 cm³/mol.